The van der Waals surface area contributed by atoms with Crippen LogP contribution in [0.4, 0.5) is 0 Å². The van der Waals surface area contributed by atoms with Crippen LogP contribution in [0.1, 0.15) is 5.01 Å². The Kier molecular flexibility index (Phi) is 4.03. The van der Waals surface area contributed by atoms with Gasteiger partial charge in [-0.05, 0) is 18.2 Å². The predicted octanol–water partition coefficient (Wildman–Crippen LogP) is 4.29. The molecule has 1 aromatic heterocycles. The van der Waals surface area contributed by atoms with Crippen LogP contribution in [0.5, 0.6) is 0 Å². The Bertz CT molecular complexity index is 499. The lowest BCUT2D eigenvalue weighted by molar-refractivity contribution is 0.990. The quantitative estimate of drug-likeness (QED) is 0.789. The first kappa shape index (κ1) is 12.1. The second-order valence-electron chi connectivity index (χ2n) is 3.06. The van der Waals surface area contributed by atoms with Crippen molar-refractivity contribution in [2.24, 2.45) is 0 Å². The van der Waals surface area contributed by atoms with Crippen molar-refractivity contribution in [1.82, 2.24) is 10.2 Å². The van der Waals surface area contributed by atoms with Crippen LogP contribution >= 0.6 is 46.1 Å². The Labute approximate surface area is 112 Å². The van der Waals surface area contributed by atoms with Gasteiger partial charge in [0.05, 0.1) is 5.02 Å². The van der Waals surface area contributed by atoms with Gasteiger partial charge >= 0.3 is 0 Å². The normalized spacial score (nSPS) is 10.7. The molecular weight excluding hydrogens is 287 g/mol. The number of halogens is 3. The summed E-state index contributed by atoms with van der Waals surface area (Å²) < 4.78 is 0. The summed E-state index contributed by atoms with van der Waals surface area (Å²) >= 11 is 19.0. The lowest BCUT2D eigenvalue weighted by Crippen LogP contribution is -1.83. The highest BCUT2D eigenvalue weighted by Crippen LogP contribution is 2.32. The van der Waals surface area contributed by atoms with Gasteiger partial charge in [0, 0.05) is 22.9 Å². The van der Waals surface area contributed by atoms with Crippen molar-refractivity contribution in [3.63, 3.8) is 0 Å². The molecule has 1 aromatic carbocycles. The highest BCUT2D eigenvalue weighted by atomic mass is 35.5. The largest absolute Gasteiger partial charge is 0.149 e. The molecule has 84 valence electrons. The molecule has 1 heterocycles. The highest BCUT2D eigenvalue weighted by Gasteiger charge is 2.10. The molecule has 0 aliphatic carbocycles. The minimum Gasteiger partial charge on any atom is -0.143 e. The summed E-state index contributed by atoms with van der Waals surface area (Å²) in [6.45, 7) is 0. The maximum absolute atomic E-state index is 6.08. The second-order valence-corrected chi connectivity index (χ2v) is 5.35. The molecule has 6 heteroatoms. The van der Waals surface area contributed by atoms with Gasteiger partial charge in [-0.25, -0.2) is 0 Å². The van der Waals surface area contributed by atoms with E-state index in [-0.39, 0.29) is 0 Å². The average Bonchev–Trinajstić information content (AvgIpc) is 2.67. The van der Waals surface area contributed by atoms with Crippen molar-refractivity contribution in [3.05, 3.63) is 33.3 Å². The summed E-state index contributed by atoms with van der Waals surface area (Å²) in [6, 6.07) is 5.32. The maximum atomic E-state index is 6.08. The van der Waals surface area contributed by atoms with E-state index >= 15 is 0 Å². The van der Waals surface area contributed by atoms with Crippen molar-refractivity contribution in [3.8, 4) is 10.6 Å². The van der Waals surface area contributed by atoms with Crippen LogP contribution < -0.4 is 0 Å². The average molecular weight is 294 g/mol. The molecule has 16 heavy (non-hydrogen) atoms. The Hall–Kier alpha value is -0.350. The Morgan fingerprint density at radius 1 is 1.19 bits per heavy atom. The van der Waals surface area contributed by atoms with Crippen LogP contribution in [-0.2, 0) is 6.42 Å². The minimum atomic E-state index is 0.545. The molecule has 0 spiro atoms. The van der Waals surface area contributed by atoms with E-state index in [1.807, 2.05) is 6.07 Å². The number of benzene rings is 1. The van der Waals surface area contributed by atoms with Crippen LogP contribution in [0, 0.1) is 0 Å². The van der Waals surface area contributed by atoms with Gasteiger partial charge in [-0.3, -0.25) is 0 Å². The molecule has 0 aliphatic rings. The number of hydrogen-bond acceptors (Lipinski definition) is 3. The van der Waals surface area contributed by atoms with E-state index in [1.165, 1.54) is 11.3 Å². The van der Waals surface area contributed by atoms with E-state index in [2.05, 4.69) is 10.2 Å². The summed E-state index contributed by atoms with van der Waals surface area (Å²) in [5.41, 5.74) is 0.851. The minimum absolute atomic E-state index is 0.545. The van der Waals surface area contributed by atoms with Crippen molar-refractivity contribution < 1.29 is 0 Å². The van der Waals surface area contributed by atoms with E-state index in [1.54, 1.807) is 12.1 Å². The van der Waals surface area contributed by atoms with Gasteiger partial charge in [-0.15, -0.1) is 21.8 Å². The zero-order valence-electron chi connectivity index (χ0n) is 8.08. The molecule has 2 rings (SSSR count). The molecule has 0 bridgehead atoms. The molecule has 0 saturated heterocycles. The predicted molar refractivity (Wildman–Crippen MR) is 69.8 cm³/mol. The van der Waals surface area contributed by atoms with Crippen molar-refractivity contribution in [1.29, 1.82) is 0 Å². The zero-order chi connectivity index (χ0) is 11.5. The second kappa shape index (κ2) is 5.32. The fraction of sp³-hybridized carbons (Fsp3) is 0.200. The first-order valence-corrected chi connectivity index (χ1v) is 6.65. The molecule has 0 N–H and O–H groups in total. The van der Waals surface area contributed by atoms with Gasteiger partial charge in [0.15, 0.2) is 0 Å². The van der Waals surface area contributed by atoms with E-state index < -0.39 is 0 Å². The van der Waals surface area contributed by atoms with Gasteiger partial charge in [0.1, 0.15) is 10.0 Å². The van der Waals surface area contributed by atoms with Gasteiger partial charge in [-0.2, -0.15) is 0 Å². The first-order valence-electron chi connectivity index (χ1n) is 4.54. The Morgan fingerprint density at radius 3 is 2.69 bits per heavy atom. The number of alkyl halides is 1. The molecule has 0 radical (unpaired) electrons. The fourth-order valence-corrected chi connectivity index (χ4v) is 2.93. The van der Waals surface area contributed by atoms with E-state index in [4.69, 9.17) is 34.8 Å². The molecule has 0 aliphatic heterocycles. The zero-order valence-corrected chi connectivity index (χ0v) is 11.2. The molecular formula is C10H7Cl3N2S. The number of hydrogen-bond donors (Lipinski definition) is 0. The molecule has 0 unspecified atom stereocenters. The Morgan fingerprint density at radius 2 is 2.00 bits per heavy atom. The smallest absolute Gasteiger partial charge is 0.143 e. The summed E-state index contributed by atoms with van der Waals surface area (Å²) in [5, 5.41) is 11.0. The van der Waals surface area contributed by atoms with E-state index in [0.29, 0.717) is 15.9 Å². The summed E-state index contributed by atoms with van der Waals surface area (Å²) in [6.07, 6.45) is 0.727. The molecule has 0 amide bonds. The SMILES string of the molecule is ClCCc1nnc(-c2ccc(Cl)cc2Cl)s1. The number of aryl methyl sites for hydroxylation is 1. The van der Waals surface area contributed by atoms with Gasteiger partial charge in [-0.1, -0.05) is 34.5 Å². The van der Waals surface area contributed by atoms with Gasteiger partial charge in [0.2, 0.25) is 0 Å². The lowest BCUT2D eigenvalue weighted by Gasteiger charge is -1.99. The van der Waals surface area contributed by atoms with Crippen LogP contribution in [-0.4, -0.2) is 16.1 Å². The Balaban J connectivity index is 2.35. The third-order valence-electron chi connectivity index (χ3n) is 1.94. The van der Waals surface area contributed by atoms with Gasteiger partial charge in [0.25, 0.3) is 0 Å². The molecule has 0 saturated carbocycles. The molecule has 2 aromatic rings. The van der Waals surface area contributed by atoms with Crippen LogP contribution in [0.2, 0.25) is 10.0 Å². The van der Waals surface area contributed by atoms with Crippen molar-refractivity contribution in [2.75, 3.05) is 5.88 Å². The van der Waals surface area contributed by atoms with Crippen molar-refractivity contribution >= 4 is 46.1 Å². The third kappa shape index (κ3) is 2.66. The van der Waals surface area contributed by atoms with E-state index in [9.17, 15) is 0 Å². The summed E-state index contributed by atoms with van der Waals surface area (Å²) in [7, 11) is 0. The molecule has 0 atom stereocenters. The number of nitrogens with zero attached hydrogens (tertiary/aromatic N) is 2. The summed E-state index contributed by atoms with van der Waals surface area (Å²) in [4.78, 5) is 0. The molecule has 0 fully saturated rings. The van der Waals surface area contributed by atoms with Crippen molar-refractivity contribution in [2.45, 2.75) is 6.42 Å². The van der Waals surface area contributed by atoms with Crippen LogP contribution in [0.25, 0.3) is 10.6 Å². The van der Waals surface area contributed by atoms with Crippen LogP contribution in [0.3, 0.4) is 0 Å². The number of aromatic nitrogens is 2. The topological polar surface area (TPSA) is 25.8 Å². The standard InChI is InChI=1S/C10H7Cl3N2S/c11-4-3-9-14-15-10(16-9)7-2-1-6(12)5-8(7)13/h1-2,5H,3-4H2. The van der Waals surface area contributed by atoms with E-state index in [0.717, 1.165) is 22.0 Å². The summed E-state index contributed by atoms with van der Waals surface area (Å²) in [5.74, 6) is 0.545. The third-order valence-corrected chi connectivity index (χ3v) is 3.69. The maximum Gasteiger partial charge on any atom is 0.149 e. The number of rotatable bonds is 3. The fourth-order valence-electron chi connectivity index (χ4n) is 1.21. The van der Waals surface area contributed by atoms with Gasteiger partial charge < -0.3 is 0 Å². The monoisotopic (exact) mass is 292 g/mol. The lowest BCUT2D eigenvalue weighted by atomic mass is 10.2. The van der Waals surface area contributed by atoms with Crippen LogP contribution in [0.15, 0.2) is 18.2 Å². The highest BCUT2D eigenvalue weighted by molar-refractivity contribution is 7.14. The first-order chi connectivity index (χ1) is 7.70. The molecule has 2 nitrogen and oxygen atoms in total.